The van der Waals surface area contributed by atoms with Crippen LogP contribution in [0.4, 0.5) is 0 Å². The highest BCUT2D eigenvalue weighted by Gasteiger charge is 2.39. The third-order valence-electron chi connectivity index (χ3n) is 6.49. The van der Waals surface area contributed by atoms with Gasteiger partial charge < -0.3 is 19.8 Å². The number of piperidine rings is 1. The van der Waals surface area contributed by atoms with Gasteiger partial charge in [0.2, 0.25) is 5.91 Å². The molecule has 160 valence electrons. The minimum Gasteiger partial charge on any atom is -0.348 e. The normalized spacial score (nSPS) is 19.3. The molecule has 2 N–H and O–H groups in total. The van der Waals surface area contributed by atoms with E-state index < -0.39 is 0 Å². The Balaban J connectivity index is 1.33. The number of rotatable bonds is 4. The Morgan fingerprint density at radius 3 is 2.58 bits per heavy atom. The minimum absolute atomic E-state index is 0.0166. The highest BCUT2D eigenvalue weighted by Crippen LogP contribution is 2.39. The number of nitrogens with one attached hydrogen (secondary N) is 2. The quantitative estimate of drug-likeness (QED) is 0.680. The fraction of sp³-hybridized carbons (Fsp3) is 0.391. The lowest BCUT2D eigenvalue weighted by Crippen LogP contribution is -2.47. The molecule has 0 aliphatic carbocycles. The van der Waals surface area contributed by atoms with Crippen molar-refractivity contribution in [3.05, 3.63) is 71.8 Å². The van der Waals surface area contributed by atoms with Crippen LogP contribution in [0.15, 0.2) is 49.2 Å². The first-order chi connectivity index (χ1) is 15.2. The number of fused-ring (bicyclic) bond motifs is 1. The summed E-state index contributed by atoms with van der Waals surface area (Å²) in [4.78, 5) is 44.5. The number of nitrogens with zero attached hydrogens (tertiary/aromatic N) is 4. The molecule has 1 saturated heterocycles. The molecule has 1 fully saturated rings. The Morgan fingerprint density at radius 1 is 1.03 bits per heavy atom. The SMILES string of the molecule is O=C(c1cnc[nH]1)N1CCC(C2c3nc[nH]c3CCN2C(=O)Cc2ccccc2)CC1. The van der Waals surface area contributed by atoms with Gasteiger partial charge in [0.15, 0.2) is 0 Å². The van der Waals surface area contributed by atoms with Gasteiger partial charge in [-0.3, -0.25) is 9.59 Å². The maximum Gasteiger partial charge on any atom is 0.271 e. The summed E-state index contributed by atoms with van der Waals surface area (Å²) in [6.07, 6.45) is 7.70. The molecule has 5 rings (SSSR count). The monoisotopic (exact) mass is 418 g/mol. The van der Waals surface area contributed by atoms with Crippen molar-refractivity contribution < 1.29 is 9.59 Å². The number of likely N-dealkylation sites (tertiary alicyclic amines) is 1. The predicted molar refractivity (Wildman–Crippen MR) is 114 cm³/mol. The lowest BCUT2D eigenvalue weighted by Gasteiger charge is -2.43. The van der Waals surface area contributed by atoms with E-state index in [0.717, 1.165) is 36.2 Å². The number of H-pyrrole nitrogens is 2. The van der Waals surface area contributed by atoms with Gasteiger partial charge in [0.1, 0.15) is 5.69 Å². The van der Waals surface area contributed by atoms with Crippen LogP contribution in [-0.2, 0) is 17.6 Å². The van der Waals surface area contributed by atoms with Crippen molar-refractivity contribution in [3.63, 3.8) is 0 Å². The van der Waals surface area contributed by atoms with Crippen LogP contribution in [0.5, 0.6) is 0 Å². The summed E-state index contributed by atoms with van der Waals surface area (Å²) in [5.41, 5.74) is 3.67. The van der Waals surface area contributed by atoms with E-state index in [4.69, 9.17) is 0 Å². The van der Waals surface area contributed by atoms with E-state index in [2.05, 4.69) is 19.9 Å². The number of benzene rings is 1. The second kappa shape index (κ2) is 8.37. The Hall–Kier alpha value is -3.42. The summed E-state index contributed by atoms with van der Waals surface area (Å²) >= 11 is 0. The number of aromatic amines is 2. The van der Waals surface area contributed by atoms with Gasteiger partial charge in [-0.05, 0) is 24.3 Å². The summed E-state index contributed by atoms with van der Waals surface area (Å²) in [6, 6.07) is 9.84. The molecular weight excluding hydrogens is 392 g/mol. The summed E-state index contributed by atoms with van der Waals surface area (Å²) < 4.78 is 0. The molecule has 8 nitrogen and oxygen atoms in total. The molecule has 2 aliphatic rings. The van der Waals surface area contributed by atoms with E-state index in [0.29, 0.717) is 31.7 Å². The Morgan fingerprint density at radius 2 is 1.84 bits per heavy atom. The van der Waals surface area contributed by atoms with Gasteiger partial charge in [0.25, 0.3) is 5.91 Å². The number of amides is 2. The largest absolute Gasteiger partial charge is 0.348 e. The number of aromatic nitrogens is 4. The predicted octanol–water partition coefficient (Wildman–Crippen LogP) is 2.35. The zero-order valence-corrected chi connectivity index (χ0v) is 17.3. The van der Waals surface area contributed by atoms with Crippen molar-refractivity contribution in [2.24, 2.45) is 5.92 Å². The van der Waals surface area contributed by atoms with Crippen molar-refractivity contribution in [1.82, 2.24) is 29.7 Å². The van der Waals surface area contributed by atoms with Crippen LogP contribution in [0.1, 0.15) is 46.3 Å². The lowest BCUT2D eigenvalue weighted by molar-refractivity contribution is -0.135. The van der Waals surface area contributed by atoms with Crippen LogP contribution in [0.2, 0.25) is 0 Å². The molecule has 8 heteroatoms. The smallest absolute Gasteiger partial charge is 0.271 e. The molecule has 4 heterocycles. The Labute approximate surface area is 180 Å². The molecule has 31 heavy (non-hydrogen) atoms. The third-order valence-corrected chi connectivity index (χ3v) is 6.49. The third kappa shape index (κ3) is 3.85. The van der Waals surface area contributed by atoms with Gasteiger partial charge in [-0.1, -0.05) is 30.3 Å². The van der Waals surface area contributed by atoms with E-state index in [1.165, 1.54) is 6.33 Å². The summed E-state index contributed by atoms with van der Waals surface area (Å²) in [6.45, 7) is 2.03. The topological polar surface area (TPSA) is 98.0 Å². The van der Waals surface area contributed by atoms with Gasteiger partial charge in [0.05, 0.1) is 37.0 Å². The number of hydrogen-bond donors (Lipinski definition) is 2. The highest BCUT2D eigenvalue weighted by atomic mass is 16.2. The van der Waals surface area contributed by atoms with Crippen molar-refractivity contribution in [2.75, 3.05) is 19.6 Å². The van der Waals surface area contributed by atoms with Gasteiger partial charge in [0, 0.05) is 31.7 Å². The van der Waals surface area contributed by atoms with Crippen LogP contribution in [-0.4, -0.2) is 61.2 Å². The van der Waals surface area contributed by atoms with Crippen LogP contribution in [0.25, 0.3) is 0 Å². The number of carbonyl (C=O) groups is 2. The second-order valence-corrected chi connectivity index (χ2v) is 8.31. The minimum atomic E-state index is -0.0457. The number of hydrogen-bond acceptors (Lipinski definition) is 4. The van der Waals surface area contributed by atoms with Crippen LogP contribution in [0, 0.1) is 5.92 Å². The van der Waals surface area contributed by atoms with Crippen molar-refractivity contribution >= 4 is 11.8 Å². The molecule has 2 aromatic heterocycles. The van der Waals surface area contributed by atoms with E-state index in [-0.39, 0.29) is 23.8 Å². The first-order valence-electron chi connectivity index (χ1n) is 10.8. The molecule has 0 bridgehead atoms. The maximum absolute atomic E-state index is 13.3. The van der Waals surface area contributed by atoms with Gasteiger partial charge in [-0.2, -0.15) is 0 Å². The Bertz CT molecular complexity index is 1040. The first-order valence-corrected chi connectivity index (χ1v) is 10.8. The molecule has 0 radical (unpaired) electrons. The Kier molecular flexibility index (Phi) is 5.28. The second-order valence-electron chi connectivity index (χ2n) is 8.31. The molecule has 1 aromatic carbocycles. The van der Waals surface area contributed by atoms with Crippen LogP contribution in [0.3, 0.4) is 0 Å². The van der Waals surface area contributed by atoms with E-state index >= 15 is 0 Å². The van der Waals surface area contributed by atoms with Gasteiger partial charge in [-0.15, -0.1) is 0 Å². The van der Waals surface area contributed by atoms with E-state index in [1.54, 1.807) is 12.5 Å². The average Bonchev–Trinajstić information content (AvgIpc) is 3.51. The number of imidazole rings is 2. The molecule has 1 unspecified atom stereocenters. The molecule has 0 spiro atoms. The average molecular weight is 419 g/mol. The molecular formula is C23H26N6O2. The molecule has 2 aliphatic heterocycles. The molecule has 2 amide bonds. The zero-order valence-electron chi connectivity index (χ0n) is 17.3. The lowest BCUT2D eigenvalue weighted by atomic mass is 9.83. The molecule has 3 aromatic rings. The van der Waals surface area contributed by atoms with Crippen molar-refractivity contribution in [2.45, 2.75) is 31.7 Å². The standard InChI is InChI=1S/C23H26N6O2/c30-20(12-16-4-2-1-3-5-16)29-11-8-18-21(27-15-26-18)22(29)17-6-9-28(10-7-17)23(31)19-13-24-14-25-19/h1-5,13-15,17,22H,6-12H2,(H,24,25)(H,26,27). The fourth-order valence-electron chi connectivity index (χ4n) is 4.90. The van der Waals surface area contributed by atoms with Gasteiger partial charge >= 0.3 is 0 Å². The van der Waals surface area contributed by atoms with Gasteiger partial charge in [-0.25, -0.2) is 9.97 Å². The zero-order chi connectivity index (χ0) is 21.2. The highest BCUT2D eigenvalue weighted by molar-refractivity contribution is 5.92. The summed E-state index contributed by atoms with van der Waals surface area (Å²) in [5.74, 6) is 0.394. The van der Waals surface area contributed by atoms with E-state index in [1.807, 2.05) is 40.1 Å². The summed E-state index contributed by atoms with van der Waals surface area (Å²) in [7, 11) is 0. The van der Waals surface area contributed by atoms with Crippen LogP contribution >= 0.6 is 0 Å². The van der Waals surface area contributed by atoms with Crippen molar-refractivity contribution in [1.29, 1.82) is 0 Å². The summed E-state index contributed by atoms with van der Waals surface area (Å²) in [5, 5.41) is 0. The molecule has 1 atom stereocenters. The first kappa shape index (κ1) is 19.5. The fourth-order valence-corrected chi connectivity index (χ4v) is 4.90. The molecule has 0 saturated carbocycles. The maximum atomic E-state index is 13.3. The van der Waals surface area contributed by atoms with E-state index in [9.17, 15) is 9.59 Å². The number of carbonyl (C=O) groups excluding carboxylic acids is 2. The van der Waals surface area contributed by atoms with Crippen molar-refractivity contribution in [3.8, 4) is 0 Å². The van der Waals surface area contributed by atoms with Crippen LogP contribution < -0.4 is 0 Å².